The van der Waals surface area contributed by atoms with Crippen LogP contribution in [0.15, 0.2) is 30.9 Å². The molecule has 0 bridgehead atoms. The number of nitrogens with zero attached hydrogens (tertiary/aromatic N) is 3. The number of pyridine rings is 1. The maximum atomic E-state index is 5.96. The Morgan fingerprint density at radius 2 is 2.26 bits per heavy atom. The summed E-state index contributed by atoms with van der Waals surface area (Å²) in [6.07, 6.45) is 5.87. The summed E-state index contributed by atoms with van der Waals surface area (Å²) in [4.78, 5) is 12.2. The molecule has 0 atom stereocenters. The number of aromatic nitrogens is 3. The average molecular weight is 259 g/mol. The van der Waals surface area contributed by atoms with Crippen LogP contribution in [0.1, 0.15) is 18.9 Å². The van der Waals surface area contributed by atoms with Gasteiger partial charge in [0.1, 0.15) is 12.0 Å². The van der Waals surface area contributed by atoms with Crippen LogP contribution in [-0.4, -0.2) is 21.6 Å². The molecule has 0 aromatic carbocycles. The Labute approximate surface area is 112 Å². The molecule has 6 nitrogen and oxygen atoms in total. The van der Waals surface area contributed by atoms with E-state index in [1.807, 2.05) is 19.1 Å². The number of hydrogen-bond acceptors (Lipinski definition) is 6. The Balaban J connectivity index is 2.04. The highest BCUT2D eigenvalue weighted by Gasteiger charge is 2.08. The molecule has 6 heteroatoms. The van der Waals surface area contributed by atoms with Crippen molar-refractivity contribution < 1.29 is 4.74 Å². The molecule has 3 N–H and O–H groups in total. The van der Waals surface area contributed by atoms with Crippen LogP contribution in [0.5, 0.6) is 5.88 Å². The van der Waals surface area contributed by atoms with Crippen LogP contribution in [-0.2, 0) is 6.54 Å². The van der Waals surface area contributed by atoms with Gasteiger partial charge in [0.05, 0.1) is 6.61 Å². The number of hydrogen-bond donors (Lipinski definition) is 2. The van der Waals surface area contributed by atoms with Crippen LogP contribution in [0.3, 0.4) is 0 Å². The average Bonchev–Trinajstić information content (AvgIpc) is 2.46. The molecule has 0 aliphatic carbocycles. The minimum absolute atomic E-state index is 0.422. The highest BCUT2D eigenvalue weighted by Crippen LogP contribution is 2.24. The Bertz CT molecular complexity index is 518. The number of nitrogens with two attached hydrogens (primary N) is 1. The molecule has 0 amide bonds. The molecule has 0 fully saturated rings. The first-order valence-electron chi connectivity index (χ1n) is 6.17. The van der Waals surface area contributed by atoms with Gasteiger partial charge in [-0.05, 0) is 18.1 Å². The molecule has 0 aliphatic heterocycles. The van der Waals surface area contributed by atoms with Crippen molar-refractivity contribution in [3.05, 3.63) is 36.4 Å². The highest BCUT2D eigenvalue weighted by atomic mass is 16.5. The van der Waals surface area contributed by atoms with Gasteiger partial charge in [0.25, 0.3) is 0 Å². The molecule has 0 unspecified atom stereocenters. The summed E-state index contributed by atoms with van der Waals surface area (Å²) in [5.41, 5.74) is 7.44. The zero-order valence-corrected chi connectivity index (χ0v) is 10.8. The van der Waals surface area contributed by atoms with Gasteiger partial charge in [-0.3, -0.25) is 4.98 Å². The minimum atomic E-state index is 0.422. The smallest absolute Gasteiger partial charge is 0.242 e. The SMILES string of the molecule is CCCOc1ncnc(NCc2cccnc2)c1N. The molecular weight excluding hydrogens is 242 g/mol. The zero-order chi connectivity index (χ0) is 13.5. The molecule has 100 valence electrons. The Morgan fingerprint density at radius 1 is 1.37 bits per heavy atom. The quantitative estimate of drug-likeness (QED) is 0.823. The lowest BCUT2D eigenvalue weighted by atomic mass is 10.3. The first-order valence-corrected chi connectivity index (χ1v) is 6.17. The summed E-state index contributed by atoms with van der Waals surface area (Å²) in [6, 6.07) is 3.86. The van der Waals surface area contributed by atoms with Crippen molar-refractivity contribution in [2.45, 2.75) is 19.9 Å². The first kappa shape index (κ1) is 13.1. The van der Waals surface area contributed by atoms with Crippen LogP contribution in [0.4, 0.5) is 11.5 Å². The summed E-state index contributed by atoms with van der Waals surface area (Å²) in [7, 11) is 0. The van der Waals surface area contributed by atoms with E-state index >= 15 is 0 Å². The molecule has 2 aromatic rings. The summed E-state index contributed by atoms with van der Waals surface area (Å²) in [5.74, 6) is 0.996. The fourth-order valence-corrected chi connectivity index (χ4v) is 1.52. The van der Waals surface area contributed by atoms with E-state index in [-0.39, 0.29) is 0 Å². The van der Waals surface area contributed by atoms with Crippen molar-refractivity contribution >= 4 is 11.5 Å². The zero-order valence-electron chi connectivity index (χ0n) is 10.8. The van der Waals surface area contributed by atoms with E-state index in [2.05, 4.69) is 20.3 Å². The predicted molar refractivity (Wildman–Crippen MR) is 73.8 cm³/mol. The lowest BCUT2D eigenvalue weighted by molar-refractivity contribution is 0.306. The Kier molecular flexibility index (Phi) is 4.49. The van der Waals surface area contributed by atoms with Crippen molar-refractivity contribution in [2.24, 2.45) is 0 Å². The second kappa shape index (κ2) is 6.53. The van der Waals surface area contributed by atoms with Gasteiger partial charge in [0.2, 0.25) is 5.88 Å². The fraction of sp³-hybridized carbons (Fsp3) is 0.308. The van der Waals surface area contributed by atoms with E-state index in [0.29, 0.717) is 30.5 Å². The van der Waals surface area contributed by atoms with E-state index in [0.717, 1.165) is 12.0 Å². The van der Waals surface area contributed by atoms with E-state index in [1.54, 1.807) is 12.4 Å². The van der Waals surface area contributed by atoms with Gasteiger partial charge in [0.15, 0.2) is 5.82 Å². The lowest BCUT2D eigenvalue weighted by Gasteiger charge is -2.11. The van der Waals surface area contributed by atoms with Crippen LogP contribution in [0.25, 0.3) is 0 Å². The van der Waals surface area contributed by atoms with Crippen LogP contribution in [0, 0.1) is 0 Å². The molecule has 0 aliphatic rings. The number of nitrogens with one attached hydrogen (secondary N) is 1. The molecule has 0 saturated heterocycles. The topological polar surface area (TPSA) is 86.0 Å². The molecular formula is C13H17N5O. The molecule has 0 saturated carbocycles. The number of anilines is 2. The second-order valence-electron chi connectivity index (χ2n) is 4.00. The molecule has 2 aromatic heterocycles. The Morgan fingerprint density at radius 3 is 3.00 bits per heavy atom. The molecule has 2 heterocycles. The maximum Gasteiger partial charge on any atom is 0.242 e. The lowest BCUT2D eigenvalue weighted by Crippen LogP contribution is -2.08. The predicted octanol–water partition coefficient (Wildman–Crippen LogP) is 1.85. The minimum Gasteiger partial charge on any atom is -0.476 e. The van der Waals surface area contributed by atoms with Crippen molar-refractivity contribution in [3.8, 4) is 5.88 Å². The van der Waals surface area contributed by atoms with Crippen LogP contribution in [0.2, 0.25) is 0 Å². The standard InChI is InChI=1S/C13H17N5O/c1-2-6-19-13-11(14)12(17-9-18-13)16-8-10-4-3-5-15-7-10/h3-5,7,9H,2,6,8,14H2,1H3,(H,16,17,18). The molecule has 0 radical (unpaired) electrons. The van der Waals surface area contributed by atoms with Gasteiger partial charge in [0, 0.05) is 18.9 Å². The monoisotopic (exact) mass is 259 g/mol. The summed E-state index contributed by atoms with van der Waals surface area (Å²) >= 11 is 0. The third kappa shape index (κ3) is 3.54. The van der Waals surface area contributed by atoms with Gasteiger partial charge in [-0.25, -0.2) is 4.98 Å². The summed E-state index contributed by atoms with van der Waals surface area (Å²) in [6.45, 7) is 3.21. The maximum absolute atomic E-state index is 5.96. The number of rotatable bonds is 6. The van der Waals surface area contributed by atoms with E-state index in [1.165, 1.54) is 6.33 Å². The van der Waals surface area contributed by atoms with E-state index < -0.39 is 0 Å². The number of ether oxygens (including phenoxy) is 1. The van der Waals surface area contributed by atoms with Gasteiger partial charge < -0.3 is 15.8 Å². The normalized spacial score (nSPS) is 10.2. The first-order chi connectivity index (χ1) is 9.31. The van der Waals surface area contributed by atoms with Gasteiger partial charge in [-0.2, -0.15) is 4.98 Å². The Hall–Kier alpha value is -2.37. The van der Waals surface area contributed by atoms with E-state index in [9.17, 15) is 0 Å². The summed E-state index contributed by atoms with van der Waals surface area (Å²) in [5, 5.41) is 3.15. The molecule has 0 spiro atoms. The van der Waals surface area contributed by atoms with Gasteiger partial charge in [-0.1, -0.05) is 13.0 Å². The number of nitrogen functional groups attached to an aromatic ring is 1. The van der Waals surface area contributed by atoms with Crippen LogP contribution >= 0.6 is 0 Å². The second-order valence-corrected chi connectivity index (χ2v) is 4.00. The van der Waals surface area contributed by atoms with Crippen molar-refractivity contribution in [1.82, 2.24) is 15.0 Å². The summed E-state index contributed by atoms with van der Waals surface area (Å²) < 4.78 is 5.45. The van der Waals surface area contributed by atoms with Crippen LogP contribution < -0.4 is 15.8 Å². The molecule has 19 heavy (non-hydrogen) atoms. The van der Waals surface area contributed by atoms with Crippen molar-refractivity contribution in [2.75, 3.05) is 17.7 Å². The van der Waals surface area contributed by atoms with Crippen molar-refractivity contribution in [3.63, 3.8) is 0 Å². The van der Waals surface area contributed by atoms with Gasteiger partial charge >= 0.3 is 0 Å². The van der Waals surface area contributed by atoms with Gasteiger partial charge in [-0.15, -0.1) is 0 Å². The third-order valence-corrected chi connectivity index (χ3v) is 2.47. The molecule has 2 rings (SSSR count). The van der Waals surface area contributed by atoms with E-state index in [4.69, 9.17) is 10.5 Å². The fourth-order valence-electron chi connectivity index (χ4n) is 1.52. The largest absolute Gasteiger partial charge is 0.476 e. The van der Waals surface area contributed by atoms with Crippen molar-refractivity contribution in [1.29, 1.82) is 0 Å². The third-order valence-electron chi connectivity index (χ3n) is 2.47. The highest BCUT2D eigenvalue weighted by molar-refractivity contribution is 5.66.